The Bertz CT molecular complexity index is 1370. The van der Waals surface area contributed by atoms with Crippen molar-refractivity contribution in [3.63, 3.8) is 0 Å². The summed E-state index contributed by atoms with van der Waals surface area (Å²) in [7, 11) is 0. The van der Waals surface area contributed by atoms with Crippen molar-refractivity contribution in [3.8, 4) is 0 Å². The highest BCUT2D eigenvalue weighted by atomic mass is 16.7. The lowest BCUT2D eigenvalue weighted by Gasteiger charge is -2.40. The van der Waals surface area contributed by atoms with E-state index in [1.807, 2.05) is 6.08 Å². The number of ether oxygens (including phenoxy) is 3. The van der Waals surface area contributed by atoms with Crippen LogP contribution in [0.15, 0.2) is 36.5 Å². The molecule has 1 fully saturated rings. The van der Waals surface area contributed by atoms with Crippen molar-refractivity contribution in [2.75, 3.05) is 19.8 Å². The van der Waals surface area contributed by atoms with E-state index in [1.54, 1.807) is 6.08 Å². The summed E-state index contributed by atoms with van der Waals surface area (Å²) in [5.74, 6) is -0.189. The number of allylic oxidation sites excluding steroid dienone is 5. The number of carbonyl (C=O) groups excluding carboxylic acids is 2. The number of hydrogen-bond donors (Lipinski definition) is 6. The molecule has 1 rings (SSSR count). The van der Waals surface area contributed by atoms with Crippen LogP contribution in [-0.2, 0) is 23.8 Å². The summed E-state index contributed by atoms with van der Waals surface area (Å²) in [4.78, 5) is 25.1. The third-order valence-corrected chi connectivity index (χ3v) is 15.5. The van der Waals surface area contributed by atoms with Crippen molar-refractivity contribution in [1.82, 2.24) is 5.32 Å². The second-order valence-electron chi connectivity index (χ2n) is 22.8. The fourth-order valence-corrected chi connectivity index (χ4v) is 10.3. The standard InChI is InChI=1S/C66H123NO10/c1-3-5-7-9-11-13-14-15-16-17-21-25-28-31-34-38-42-46-50-54-62(71)75-55-51-47-43-39-35-32-29-26-23-20-18-19-22-24-27-30-33-37-41-45-49-53-61(70)67-58(59(69)52-48-44-40-36-12-10-8-6-4-2)57-76-66-65(74)64(73)63(72)60(56-68)77-66/h11,13,15-16,48,52,58-60,63-66,68-69,72-74H,3-10,12,14,17-47,49-51,53-57H2,1-2H3,(H,67,70)/b13-11-,16-15-,52-48+. The molecule has 0 saturated carbocycles. The Morgan fingerprint density at radius 1 is 0.481 bits per heavy atom. The molecule has 1 heterocycles. The molecule has 0 radical (unpaired) electrons. The minimum Gasteiger partial charge on any atom is -0.466 e. The van der Waals surface area contributed by atoms with E-state index in [1.165, 1.54) is 212 Å². The van der Waals surface area contributed by atoms with Gasteiger partial charge in [0.25, 0.3) is 0 Å². The Labute approximate surface area is 473 Å². The van der Waals surface area contributed by atoms with Gasteiger partial charge in [0.1, 0.15) is 24.4 Å². The van der Waals surface area contributed by atoms with E-state index in [0.717, 1.165) is 70.6 Å². The van der Waals surface area contributed by atoms with E-state index in [4.69, 9.17) is 14.2 Å². The zero-order valence-corrected chi connectivity index (χ0v) is 49.9. The van der Waals surface area contributed by atoms with Crippen molar-refractivity contribution < 1.29 is 49.3 Å². The van der Waals surface area contributed by atoms with Crippen molar-refractivity contribution in [2.45, 2.75) is 352 Å². The normalized spacial score (nSPS) is 18.8. The molecule has 77 heavy (non-hydrogen) atoms. The number of unbranched alkanes of at least 4 members (excludes halogenated alkanes) is 39. The van der Waals surface area contributed by atoms with Gasteiger partial charge in [0.15, 0.2) is 6.29 Å². The highest BCUT2D eigenvalue weighted by molar-refractivity contribution is 5.76. The molecule has 7 atom stereocenters. The van der Waals surface area contributed by atoms with Crippen LogP contribution in [0.25, 0.3) is 0 Å². The van der Waals surface area contributed by atoms with Gasteiger partial charge in [0, 0.05) is 12.8 Å². The van der Waals surface area contributed by atoms with E-state index in [0.29, 0.717) is 19.4 Å². The molecule has 1 amide bonds. The zero-order chi connectivity index (χ0) is 55.9. The first-order chi connectivity index (χ1) is 37.7. The first-order valence-corrected chi connectivity index (χ1v) is 32.8. The second-order valence-corrected chi connectivity index (χ2v) is 22.8. The Hall–Kier alpha value is -2.12. The Balaban J connectivity index is 1.95. The summed E-state index contributed by atoms with van der Waals surface area (Å²) in [5.41, 5.74) is 0. The Kier molecular flexibility index (Phi) is 52.8. The minimum absolute atomic E-state index is 0.00488. The molecule has 0 spiro atoms. The summed E-state index contributed by atoms with van der Waals surface area (Å²) in [6, 6.07) is -0.809. The van der Waals surface area contributed by atoms with E-state index in [-0.39, 0.29) is 18.5 Å². The quantitative estimate of drug-likeness (QED) is 0.0195. The van der Waals surface area contributed by atoms with Crippen LogP contribution in [-0.4, -0.2) is 100 Å². The van der Waals surface area contributed by atoms with Crippen LogP contribution in [0.1, 0.15) is 309 Å². The van der Waals surface area contributed by atoms with Gasteiger partial charge >= 0.3 is 5.97 Å². The lowest BCUT2D eigenvalue weighted by atomic mass is 9.99. The van der Waals surface area contributed by atoms with E-state index in [9.17, 15) is 35.1 Å². The van der Waals surface area contributed by atoms with Crippen molar-refractivity contribution in [3.05, 3.63) is 36.5 Å². The third kappa shape index (κ3) is 45.2. The highest BCUT2D eigenvalue weighted by Crippen LogP contribution is 2.23. The number of aliphatic hydroxyl groups excluding tert-OH is 5. The molecule has 6 N–H and O–H groups in total. The first kappa shape index (κ1) is 72.9. The van der Waals surface area contributed by atoms with Gasteiger partial charge in [0.05, 0.1) is 32.0 Å². The van der Waals surface area contributed by atoms with Gasteiger partial charge in [-0.3, -0.25) is 9.59 Å². The average molecular weight is 1090 g/mol. The molecule has 11 heteroatoms. The fraction of sp³-hybridized carbons (Fsp3) is 0.879. The van der Waals surface area contributed by atoms with E-state index >= 15 is 0 Å². The molecule has 11 nitrogen and oxygen atoms in total. The van der Waals surface area contributed by atoms with Crippen LogP contribution in [0.2, 0.25) is 0 Å². The van der Waals surface area contributed by atoms with Gasteiger partial charge in [-0.1, -0.05) is 269 Å². The van der Waals surface area contributed by atoms with Crippen LogP contribution >= 0.6 is 0 Å². The van der Waals surface area contributed by atoms with Crippen LogP contribution in [0.5, 0.6) is 0 Å². The average Bonchev–Trinajstić information content (AvgIpc) is 3.43. The maximum absolute atomic E-state index is 13.0. The fourth-order valence-electron chi connectivity index (χ4n) is 10.3. The lowest BCUT2D eigenvalue weighted by molar-refractivity contribution is -0.302. The van der Waals surface area contributed by atoms with Crippen molar-refractivity contribution >= 4 is 11.9 Å². The molecule has 1 aliphatic rings. The summed E-state index contributed by atoms with van der Waals surface area (Å²) >= 11 is 0. The number of aliphatic hydroxyl groups is 5. The van der Waals surface area contributed by atoms with Crippen molar-refractivity contribution in [2.24, 2.45) is 0 Å². The van der Waals surface area contributed by atoms with Gasteiger partial charge in [0.2, 0.25) is 5.91 Å². The molecule has 0 bridgehead atoms. The largest absolute Gasteiger partial charge is 0.466 e. The monoisotopic (exact) mass is 1090 g/mol. The molecular weight excluding hydrogens is 967 g/mol. The van der Waals surface area contributed by atoms with Gasteiger partial charge in [-0.15, -0.1) is 0 Å². The third-order valence-electron chi connectivity index (χ3n) is 15.5. The maximum atomic E-state index is 13.0. The van der Waals surface area contributed by atoms with E-state index in [2.05, 4.69) is 43.5 Å². The minimum atomic E-state index is -1.57. The number of carbonyl (C=O) groups is 2. The number of amides is 1. The predicted molar refractivity (Wildman–Crippen MR) is 320 cm³/mol. The van der Waals surface area contributed by atoms with Crippen LogP contribution in [0.3, 0.4) is 0 Å². The molecule has 452 valence electrons. The number of hydrogen-bond acceptors (Lipinski definition) is 10. The molecule has 0 aromatic rings. The van der Waals surface area contributed by atoms with Crippen molar-refractivity contribution in [1.29, 1.82) is 0 Å². The molecular formula is C66H123NO10. The summed E-state index contributed by atoms with van der Waals surface area (Å²) in [6.07, 6.45) is 59.8. The van der Waals surface area contributed by atoms with Gasteiger partial charge in [-0.25, -0.2) is 0 Å². The summed E-state index contributed by atoms with van der Waals surface area (Å²) < 4.78 is 16.7. The predicted octanol–water partition coefficient (Wildman–Crippen LogP) is 15.8. The summed E-state index contributed by atoms with van der Waals surface area (Å²) in [5, 5.41) is 54.2. The number of rotatable bonds is 57. The summed E-state index contributed by atoms with van der Waals surface area (Å²) in [6.45, 7) is 4.30. The van der Waals surface area contributed by atoms with Gasteiger partial charge in [-0.2, -0.15) is 0 Å². The van der Waals surface area contributed by atoms with Crippen LogP contribution in [0.4, 0.5) is 0 Å². The lowest BCUT2D eigenvalue weighted by Crippen LogP contribution is -2.60. The Morgan fingerprint density at radius 2 is 0.870 bits per heavy atom. The molecule has 0 aromatic carbocycles. The van der Waals surface area contributed by atoms with Crippen LogP contribution in [0, 0.1) is 0 Å². The van der Waals surface area contributed by atoms with Gasteiger partial charge in [-0.05, 0) is 64.2 Å². The number of esters is 1. The maximum Gasteiger partial charge on any atom is 0.305 e. The second kappa shape index (κ2) is 55.8. The first-order valence-electron chi connectivity index (χ1n) is 32.8. The Morgan fingerprint density at radius 3 is 1.34 bits per heavy atom. The smallest absolute Gasteiger partial charge is 0.305 e. The van der Waals surface area contributed by atoms with Crippen LogP contribution < -0.4 is 5.32 Å². The molecule has 0 aromatic heterocycles. The molecule has 1 aliphatic heterocycles. The van der Waals surface area contributed by atoms with E-state index < -0.39 is 49.5 Å². The number of nitrogens with one attached hydrogen (secondary N) is 1. The highest BCUT2D eigenvalue weighted by Gasteiger charge is 2.44. The SMILES string of the molecule is CCCCC/C=C\C/C=C\CCCCCCCCCCCC(=O)OCCCCCCCCCCCCCCCCCCCCCCCC(=O)NC(COC1OC(CO)C(O)C(O)C1O)C(O)/C=C/CCCCCCCCC. The topological polar surface area (TPSA) is 175 Å². The molecule has 0 aliphatic carbocycles. The van der Waals surface area contributed by atoms with Gasteiger partial charge < -0.3 is 45.1 Å². The molecule has 1 saturated heterocycles. The zero-order valence-electron chi connectivity index (χ0n) is 49.9. The molecule has 7 unspecified atom stereocenters.